The Morgan fingerprint density at radius 3 is 2.02 bits per heavy atom. The van der Waals surface area contributed by atoms with Crippen LogP contribution < -0.4 is 0 Å². The quantitative estimate of drug-likeness (QED) is 0.112. The van der Waals surface area contributed by atoms with Gasteiger partial charge < -0.3 is 83.9 Å². The van der Waals surface area contributed by atoms with Gasteiger partial charge in [0.05, 0.1) is 54.9 Å². The molecule has 4 aliphatic heterocycles. The van der Waals surface area contributed by atoms with Crippen LogP contribution in [0.25, 0.3) is 0 Å². The second-order valence-electron chi connectivity index (χ2n) is 23.3. The zero-order valence-electron chi connectivity index (χ0n) is 39.1. The Balaban J connectivity index is 1.03. The van der Waals surface area contributed by atoms with Crippen molar-refractivity contribution in [2.75, 3.05) is 13.2 Å². The molecule has 0 aromatic heterocycles. The van der Waals surface area contributed by atoms with E-state index in [1.807, 2.05) is 0 Å². The summed E-state index contributed by atoms with van der Waals surface area (Å²) < 4.78 is 50.3. The molecule has 372 valence electrons. The summed E-state index contributed by atoms with van der Waals surface area (Å²) in [6.45, 7) is 14.4. The maximum atomic E-state index is 12.4. The van der Waals surface area contributed by atoms with Crippen LogP contribution in [0, 0.1) is 45.3 Å². The van der Waals surface area contributed by atoms with Crippen molar-refractivity contribution in [3.63, 3.8) is 0 Å². The normalized spacial score (nSPS) is 56.2. The molecule has 5 aliphatic carbocycles. The molecule has 9 rings (SSSR count). The Hall–Kier alpha value is -1.17. The molecule has 0 aromatic rings. The van der Waals surface area contributed by atoms with Gasteiger partial charge in [-0.1, -0.05) is 20.8 Å². The summed E-state index contributed by atoms with van der Waals surface area (Å²) >= 11 is 0. The van der Waals surface area contributed by atoms with Gasteiger partial charge in [-0.25, -0.2) is 0 Å². The summed E-state index contributed by atoms with van der Waals surface area (Å²) in [5.41, 5.74) is -2.95. The third kappa shape index (κ3) is 7.69. The largest absolute Gasteiger partial charge is 0.457 e. The lowest BCUT2D eigenvalue weighted by molar-refractivity contribution is -0.366. The lowest BCUT2D eigenvalue weighted by atomic mass is 9.45. The van der Waals surface area contributed by atoms with E-state index in [1.54, 1.807) is 13.8 Å². The number of fused-ring (bicyclic) bond motifs is 2. The maximum absolute atomic E-state index is 12.4. The summed E-state index contributed by atoms with van der Waals surface area (Å²) in [5, 5.41) is 98.6. The van der Waals surface area contributed by atoms with Crippen LogP contribution in [0.5, 0.6) is 0 Å². The van der Waals surface area contributed by atoms with Crippen molar-refractivity contribution in [3.05, 3.63) is 0 Å². The Labute approximate surface area is 381 Å². The third-order valence-electron chi connectivity index (χ3n) is 18.8. The number of carbonyl (C=O) groups excluding carboxylic acids is 1. The first kappa shape index (κ1) is 48.8. The summed E-state index contributed by atoms with van der Waals surface area (Å²) in [6.07, 6.45) is -13.3. The second-order valence-corrected chi connectivity index (χ2v) is 23.3. The molecule has 0 radical (unpaired) electrons. The Morgan fingerprint density at radius 1 is 0.662 bits per heavy atom. The Bertz CT molecular complexity index is 1760. The average Bonchev–Trinajstić information content (AvgIpc) is 3.54. The molecular weight excluding hydrogens is 852 g/mol. The summed E-state index contributed by atoms with van der Waals surface area (Å²) in [6, 6.07) is 0. The van der Waals surface area contributed by atoms with E-state index in [0.29, 0.717) is 25.7 Å². The fourth-order valence-corrected chi connectivity index (χ4v) is 15.9. The molecule has 2 spiro atoms. The fourth-order valence-electron chi connectivity index (χ4n) is 15.9. The van der Waals surface area contributed by atoms with E-state index >= 15 is 0 Å². The zero-order valence-corrected chi connectivity index (χ0v) is 39.1. The van der Waals surface area contributed by atoms with Crippen molar-refractivity contribution in [1.82, 2.24) is 0 Å². The van der Waals surface area contributed by atoms with Crippen LogP contribution >= 0.6 is 0 Å². The van der Waals surface area contributed by atoms with Gasteiger partial charge >= 0.3 is 5.97 Å². The van der Waals surface area contributed by atoms with Crippen LogP contribution in [-0.4, -0.2) is 181 Å². The van der Waals surface area contributed by atoms with E-state index in [1.165, 1.54) is 13.8 Å². The molecule has 4 heterocycles. The molecule has 18 heteroatoms. The zero-order chi connectivity index (χ0) is 47.1. The lowest BCUT2D eigenvalue weighted by Gasteiger charge is -2.62. The first-order valence-electron chi connectivity index (χ1n) is 24.2. The van der Waals surface area contributed by atoms with Gasteiger partial charge in [-0.2, -0.15) is 0 Å². The van der Waals surface area contributed by atoms with Gasteiger partial charge in [0.1, 0.15) is 42.7 Å². The van der Waals surface area contributed by atoms with Gasteiger partial charge in [0.15, 0.2) is 31.1 Å². The molecule has 9 N–H and O–H groups in total. The summed E-state index contributed by atoms with van der Waals surface area (Å²) in [4.78, 5) is 12.4. The molecule has 0 bridgehead atoms. The highest BCUT2D eigenvalue weighted by molar-refractivity contribution is 5.66. The number of aliphatic hydroxyl groups is 9. The molecular formula is C47H76O18. The van der Waals surface area contributed by atoms with Gasteiger partial charge in [-0.3, -0.25) is 4.79 Å². The molecule has 0 aromatic carbocycles. The van der Waals surface area contributed by atoms with Gasteiger partial charge in [-0.05, 0) is 125 Å². The Kier molecular flexibility index (Phi) is 12.6. The molecule has 0 amide bonds. The van der Waals surface area contributed by atoms with Crippen LogP contribution in [0.15, 0.2) is 0 Å². The minimum absolute atomic E-state index is 0.0819. The van der Waals surface area contributed by atoms with E-state index < -0.39 is 121 Å². The number of hydrogen-bond donors (Lipinski definition) is 9. The molecule has 9 aliphatic rings. The molecule has 18 nitrogen and oxygen atoms in total. The van der Waals surface area contributed by atoms with Crippen LogP contribution in [-0.2, 0) is 42.7 Å². The minimum Gasteiger partial charge on any atom is -0.457 e. The van der Waals surface area contributed by atoms with Crippen molar-refractivity contribution < 1.29 is 88.6 Å². The van der Waals surface area contributed by atoms with E-state index in [-0.39, 0.29) is 59.2 Å². The summed E-state index contributed by atoms with van der Waals surface area (Å²) in [7, 11) is 0. The standard InChI is InChI=1S/C47H76O18/c1-20-30(52)32(54)34(56)40(60-20)64-36-35(61-21(2)48)26(51)18-59-41(36)63-28-10-12-47-19-46(47)14-13-44(7)22(15-24(49)37(44)45(8)11-9-29(65-45)43(5,6)57)23(46)16-27(38(47)42(28,3)4)62-39-33(55)31(53)25(50)17-58-39/h20,22-41,49-57H,9-19H2,1-8H3. The smallest absolute Gasteiger partial charge is 0.303 e. The fraction of sp³-hybridized carbons (Fsp3) is 0.979. The van der Waals surface area contributed by atoms with Crippen molar-refractivity contribution >= 4 is 5.97 Å². The van der Waals surface area contributed by atoms with Crippen LogP contribution in [0.1, 0.15) is 113 Å². The molecule has 5 saturated carbocycles. The summed E-state index contributed by atoms with van der Waals surface area (Å²) in [5.74, 6) is -0.813. The Morgan fingerprint density at radius 2 is 1.34 bits per heavy atom. The maximum Gasteiger partial charge on any atom is 0.303 e. The van der Waals surface area contributed by atoms with Crippen LogP contribution in [0.2, 0.25) is 0 Å². The second kappa shape index (κ2) is 16.7. The first-order chi connectivity index (χ1) is 30.3. The van der Waals surface area contributed by atoms with Crippen molar-refractivity contribution in [2.24, 2.45) is 45.3 Å². The molecule has 25 unspecified atom stereocenters. The number of esters is 1. The van der Waals surface area contributed by atoms with E-state index in [0.717, 1.165) is 32.1 Å². The van der Waals surface area contributed by atoms with Gasteiger partial charge in [0, 0.05) is 12.8 Å². The number of aliphatic hydroxyl groups excluding tert-OH is 8. The molecule has 65 heavy (non-hydrogen) atoms. The van der Waals surface area contributed by atoms with Gasteiger partial charge in [0.2, 0.25) is 0 Å². The predicted octanol–water partition coefficient (Wildman–Crippen LogP) is 0.396. The monoisotopic (exact) mass is 929 g/mol. The first-order valence-corrected chi connectivity index (χ1v) is 24.2. The molecule has 9 fully saturated rings. The van der Waals surface area contributed by atoms with Crippen molar-refractivity contribution in [2.45, 2.75) is 229 Å². The molecule has 25 atom stereocenters. The van der Waals surface area contributed by atoms with Gasteiger partial charge in [-0.15, -0.1) is 0 Å². The average molecular weight is 929 g/mol. The SMILES string of the molecule is CC(=O)OC1C(O)COC(OC2CCC34CC35CCC3(C)C(CC(O)C3C3(C)CCC(C(C)(C)O)O3)C5CC(OC3OCC(O)C(O)C3O)C4C2(C)C)C1OC1OC(C)C(O)C(O)C1O. The number of rotatable bonds is 9. The van der Waals surface area contributed by atoms with Crippen LogP contribution in [0.4, 0.5) is 0 Å². The predicted molar refractivity (Wildman–Crippen MR) is 224 cm³/mol. The van der Waals surface area contributed by atoms with Gasteiger partial charge in [0.25, 0.3) is 0 Å². The number of hydrogen-bond acceptors (Lipinski definition) is 18. The minimum atomic E-state index is -1.70. The van der Waals surface area contributed by atoms with E-state index in [9.17, 15) is 50.8 Å². The van der Waals surface area contributed by atoms with E-state index in [2.05, 4.69) is 27.7 Å². The van der Waals surface area contributed by atoms with E-state index in [4.69, 9.17) is 37.9 Å². The highest BCUT2D eigenvalue weighted by atomic mass is 16.8. The lowest BCUT2D eigenvalue weighted by Crippen LogP contribution is -2.65. The van der Waals surface area contributed by atoms with Crippen molar-refractivity contribution in [3.8, 4) is 0 Å². The van der Waals surface area contributed by atoms with Crippen molar-refractivity contribution in [1.29, 1.82) is 0 Å². The third-order valence-corrected chi connectivity index (χ3v) is 18.8. The highest BCUT2D eigenvalue weighted by Crippen LogP contribution is 2.87. The highest BCUT2D eigenvalue weighted by Gasteiger charge is 2.83. The topological polar surface area (TPSA) is 273 Å². The molecule has 4 saturated heterocycles. The number of ether oxygens (including phenoxy) is 8. The number of carbonyl (C=O) groups is 1. The van der Waals surface area contributed by atoms with Crippen LogP contribution in [0.3, 0.4) is 0 Å².